The summed E-state index contributed by atoms with van der Waals surface area (Å²) in [4.78, 5) is 2.60. The van der Waals surface area contributed by atoms with Crippen molar-refractivity contribution in [3.8, 4) is 0 Å². The van der Waals surface area contributed by atoms with Gasteiger partial charge >= 0.3 is 0 Å². The number of hydrogen-bond acceptors (Lipinski definition) is 2. The molecule has 21 heavy (non-hydrogen) atoms. The van der Waals surface area contributed by atoms with Crippen molar-refractivity contribution in [1.82, 2.24) is 10.2 Å². The lowest BCUT2D eigenvalue weighted by Gasteiger charge is -2.42. The molecule has 2 rings (SSSR count). The van der Waals surface area contributed by atoms with E-state index in [0.717, 1.165) is 12.5 Å². The van der Waals surface area contributed by atoms with Crippen LogP contribution >= 0.6 is 0 Å². The van der Waals surface area contributed by atoms with Gasteiger partial charge in [0.25, 0.3) is 0 Å². The first kappa shape index (κ1) is 16.5. The zero-order valence-corrected chi connectivity index (χ0v) is 14.0. The Morgan fingerprint density at radius 2 is 1.90 bits per heavy atom. The van der Waals surface area contributed by atoms with Crippen LogP contribution in [0, 0.1) is 0 Å². The van der Waals surface area contributed by atoms with Gasteiger partial charge in [-0.05, 0) is 57.3 Å². The fourth-order valence-corrected chi connectivity index (χ4v) is 3.74. The Hall–Kier alpha value is -0.860. The van der Waals surface area contributed by atoms with Crippen LogP contribution in [0.5, 0.6) is 0 Å². The third kappa shape index (κ3) is 4.55. The Bertz CT molecular complexity index is 390. The van der Waals surface area contributed by atoms with Gasteiger partial charge in [-0.25, -0.2) is 0 Å². The number of benzene rings is 1. The third-order valence-electron chi connectivity index (χ3n) is 4.98. The predicted octanol–water partition coefficient (Wildman–Crippen LogP) is 4.03. The molecule has 2 nitrogen and oxygen atoms in total. The summed E-state index contributed by atoms with van der Waals surface area (Å²) in [5.41, 5.74) is 1.53. The summed E-state index contributed by atoms with van der Waals surface area (Å²) in [6, 6.07) is 12.4. The number of nitrogens with one attached hydrogen (secondary N) is 1. The first-order valence-electron chi connectivity index (χ1n) is 8.74. The highest BCUT2D eigenvalue weighted by Crippen LogP contribution is 2.35. The van der Waals surface area contributed by atoms with Gasteiger partial charge in [0.2, 0.25) is 0 Å². The molecule has 1 N–H and O–H groups in total. The molecule has 0 saturated heterocycles. The molecule has 0 amide bonds. The van der Waals surface area contributed by atoms with Gasteiger partial charge in [-0.3, -0.25) is 0 Å². The normalized spacial score (nSPS) is 26.2. The van der Waals surface area contributed by atoms with Gasteiger partial charge in [0.15, 0.2) is 0 Å². The monoisotopic (exact) mass is 288 g/mol. The van der Waals surface area contributed by atoms with Crippen molar-refractivity contribution >= 4 is 0 Å². The van der Waals surface area contributed by atoms with Gasteiger partial charge in [0.1, 0.15) is 0 Å². The Labute approximate surface area is 130 Å². The SMILES string of the molecule is CCCCN(C)C1CC(c2ccccc2)CCC1NCC. The molecule has 3 atom stereocenters. The molecular weight excluding hydrogens is 256 g/mol. The molecule has 1 aliphatic carbocycles. The van der Waals surface area contributed by atoms with Crippen molar-refractivity contribution in [3.63, 3.8) is 0 Å². The van der Waals surface area contributed by atoms with Gasteiger partial charge < -0.3 is 10.2 Å². The predicted molar refractivity (Wildman–Crippen MR) is 91.8 cm³/mol. The maximum atomic E-state index is 3.72. The van der Waals surface area contributed by atoms with Crippen molar-refractivity contribution in [2.24, 2.45) is 0 Å². The molecule has 0 spiro atoms. The lowest BCUT2D eigenvalue weighted by Crippen LogP contribution is -2.51. The zero-order chi connectivity index (χ0) is 15.1. The largest absolute Gasteiger partial charge is 0.313 e. The molecule has 1 aliphatic rings. The summed E-state index contributed by atoms with van der Waals surface area (Å²) in [5.74, 6) is 0.732. The average Bonchev–Trinajstić information content (AvgIpc) is 2.54. The third-order valence-corrected chi connectivity index (χ3v) is 4.98. The zero-order valence-electron chi connectivity index (χ0n) is 14.0. The fourth-order valence-electron chi connectivity index (χ4n) is 3.74. The van der Waals surface area contributed by atoms with Crippen LogP contribution in [0.2, 0.25) is 0 Å². The molecule has 0 aliphatic heterocycles. The van der Waals surface area contributed by atoms with E-state index in [1.54, 1.807) is 0 Å². The average molecular weight is 288 g/mol. The first-order chi connectivity index (χ1) is 10.3. The first-order valence-corrected chi connectivity index (χ1v) is 8.74. The van der Waals surface area contributed by atoms with Crippen LogP contribution < -0.4 is 5.32 Å². The molecule has 3 unspecified atom stereocenters. The smallest absolute Gasteiger partial charge is 0.0252 e. The van der Waals surface area contributed by atoms with Crippen molar-refractivity contribution in [3.05, 3.63) is 35.9 Å². The summed E-state index contributed by atoms with van der Waals surface area (Å²) >= 11 is 0. The van der Waals surface area contributed by atoms with Crippen molar-refractivity contribution in [2.45, 2.75) is 64.0 Å². The number of rotatable bonds is 7. The van der Waals surface area contributed by atoms with E-state index in [1.807, 2.05) is 0 Å². The van der Waals surface area contributed by atoms with Gasteiger partial charge in [0.05, 0.1) is 0 Å². The summed E-state index contributed by atoms with van der Waals surface area (Å²) in [7, 11) is 2.32. The minimum atomic E-state index is 0.664. The second-order valence-electron chi connectivity index (χ2n) is 6.49. The van der Waals surface area contributed by atoms with E-state index in [-0.39, 0.29) is 0 Å². The van der Waals surface area contributed by atoms with Crippen molar-refractivity contribution < 1.29 is 0 Å². The van der Waals surface area contributed by atoms with Crippen molar-refractivity contribution in [1.29, 1.82) is 0 Å². The highest BCUT2D eigenvalue weighted by molar-refractivity contribution is 5.21. The quantitative estimate of drug-likeness (QED) is 0.815. The van der Waals surface area contributed by atoms with Gasteiger partial charge in [-0.15, -0.1) is 0 Å². The molecular formula is C19H32N2. The van der Waals surface area contributed by atoms with Gasteiger partial charge in [0, 0.05) is 12.1 Å². The minimum Gasteiger partial charge on any atom is -0.313 e. The number of nitrogens with zero attached hydrogens (tertiary/aromatic N) is 1. The Kier molecular flexibility index (Phi) is 6.72. The summed E-state index contributed by atoms with van der Waals surface area (Å²) < 4.78 is 0. The van der Waals surface area contributed by atoms with Crippen LogP contribution in [0.25, 0.3) is 0 Å². The van der Waals surface area contributed by atoms with Crippen LogP contribution in [-0.2, 0) is 0 Å². The molecule has 0 bridgehead atoms. The van der Waals surface area contributed by atoms with Crippen molar-refractivity contribution in [2.75, 3.05) is 20.1 Å². The lowest BCUT2D eigenvalue weighted by atomic mass is 9.78. The number of unbranched alkanes of at least 4 members (excludes halogenated alkanes) is 1. The second kappa shape index (κ2) is 8.55. The van der Waals surface area contributed by atoms with Gasteiger partial charge in [-0.1, -0.05) is 50.6 Å². The van der Waals surface area contributed by atoms with E-state index < -0.39 is 0 Å². The summed E-state index contributed by atoms with van der Waals surface area (Å²) in [6.45, 7) is 6.82. The maximum Gasteiger partial charge on any atom is 0.0252 e. The van der Waals surface area contributed by atoms with Crippen LogP contribution in [0.1, 0.15) is 57.4 Å². The number of likely N-dealkylation sites (N-methyl/N-ethyl adjacent to an activating group) is 2. The van der Waals surface area contributed by atoms with Crippen LogP contribution in [-0.4, -0.2) is 37.1 Å². The lowest BCUT2D eigenvalue weighted by molar-refractivity contribution is 0.138. The van der Waals surface area contributed by atoms with E-state index in [0.29, 0.717) is 12.1 Å². The molecule has 0 radical (unpaired) electrons. The molecule has 118 valence electrons. The topological polar surface area (TPSA) is 15.3 Å². The molecule has 0 heterocycles. The molecule has 1 fully saturated rings. The second-order valence-corrected chi connectivity index (χ2v) is 6.49. The van der Waals surface area contributed by atoms with E-state index >= 15 is 0 Å². The van der Waals surface area contributed by atoms with Crippen LogP contribution in [0.3, 0.4) is 0 Å². The van der Waals surface area contributed by atoms with E-state index in [2.05, 4.69) is 61.4 Å². The summed E-state index contributed by atoms with van der Waals surface area (Å²) in [5, 5.41) is 3.72. The maximum absolute atomic E-state index is 3.72. The highest BCUT2D eigenvalue weighted by atomic mass is 15.2. The van der Waals surface area contributed by atoms with Gasteiger partial charge in [-0.2, -0.15) is 0 Å². The van der Waals surface area contributed by atoms with E-state index in [1.165, 1.54) is 44.2 Å². The Morgan fingerprint density at radius 3 is 2.57 bits per heavy atom. The Balaban J connectivity index is 2.04. The molecule has 2 heteroatoms. The standard InChI is InChI=1S/C19H32N2/c1-4-6-14-21(3)19-15-17(12-13-18(19)20-5-2)16-10-8-7-9-11-16/h7-11,17-20H,4-6,12-15H2,1-3H3. The fraction of sp³-hybridized carbons (Fsp3) is 0.684. The summed E-state index contributed by atoms with van der Waals surface area (Å²) in [6.07, 6.45) is 6.50. The van der Waals surface area contributed by atoms with E-state index in [9.17, 15) is 0 Å². The van der Waals surface area contributed by atoms with Crippen LogP contribution in [0.15, 0.2) is 30.3 Å². The Morgan fingerprint density at radius 1 is 1.14 bits per heavy atom. The minimum absolute atomic E-state index is 0.664. The number of hydrogen-bond donors (Lipinski definition) is 1. The van der Waals surface area contributed by atoms with Crippen LogP contribution in [0.4, 0.5) is 0 Å². The van der Waals surface area contributed by atoms with E-state index in [4.69, 9.17) is 0 Å². The highest BCUT2D eigenvalue weighted by Gasteiger charge is 2.32. The molecule has 0 aromatic heterocycles. The molecule has 1 aromatic rings. The molecule has 1 saturated carbocycles. The molecule has 1 aromatic carbocycles.